The Morgan fingerprint density at radius 1 is 0.829 bits per heavy atom. The molecule has 76 heavy (non-hydrogen) atoms. The van der Waals surface area contributed by atoms with Gasteiger partial charge in [0, 0.05) is 24.9 Å². The van der Waals surface area contributed by atoms with Crippen LogP contribution in [0.1, 0.15) is 55.7 Å². The fraction of sp³-hybridized carbons (Fsp3) is 0.520. The van der Waals surface area contributed by atoms with Gasteiger partial charge in [0.25, 0.3) is 11.8 Å². The van der Waals surface area contributed by atoms with E-state index in [0.29, 0.717) is 24.5 Å². The number of amides is 4. The number of benzene rings is 2. The van der Waals surface area contributed by atoms with Crippen LogP contribution in [0.2, 0.25) is 0 Å². The number of aromatic nitrogens is 3. The van der Waals surface area contributed by atoms with Crippen LogP contribution in [-0.2, 0) is 57.4 Å². The van der Waals surface area contributed by atoms with Crippen LogP contribution in [0, 0.1) is 0 Å². The molecular formula is C50H71N10O15P. The van der Waals surface area contributed by atoms with Gasteiger partial charge in [0.1, 0.15) is 5.52 Å². The van der Waals surface area contributed by atoms with Gasteiger partial charge in [0.2, 0.25) is 5.95 Å². The van der Waals surface area contributed by atoms with Crippen molar-refractivity contribution in [3.05, 3.63) is 77.5 Å². The van der Waals surface area contributed by atoms with Crippen LogP contribution in [0.5, 0.6) is 11.5 Å². The van der Waals surface area contributed by atoms with Gasteiger partial charge in [-0.05, 0) is 12.5 Å². The summed E-state index contributed by atoms with van der Waals surface area (Å²) in [5.41, 5.74) is 10.2. The van der Waals surface area contributed by atoms with Gasteiger partial charge in [0.15, 0.2) is 5.82 Å². The van der Waals surface area contributed by atoms with Crippen LogP contribution < -0.4 is 31.2 Å². The summed E-state index contributed by atoms with van der Waals surface area (Å²) in [5, 5.41) is 39.3. The van der Waals surface area contributed by atoms with Gasteiger partial charge in [0.05, 0.1) is 38.9 Å². The Morgan fingerprint density at radius 2 is 1.59 bits per heavy atom. The number of methoxy groups -OCH3 is 1. The van der Waals surface area contributed by atoms with Gasteiger partial charge in [-0.3, -0.25) is 14.5 Å². The maximum atomic E-state index is 13.1. The Labute approximate surface area is 440 Å². The summed E-state index contributed by atoms with van der Waals surface area (Å²) in [4.78, 5) is 84.8. The number of ether oxygens (including phenoxy) is 4. The summed E-state index contributed by atoms with van der Waals surface area (Å²) in [6.07, 6.45) is 1.41. The van der Waals surface area contributed by atoms with Crippen molar-refractivity contribution in [2.24, 2.45) is 0 Å². The molecular weight excluding hydrogens is 1010 g/mol. The van der Waals surface area contributed by atoms with Gasteiger partial charge in [-0.2, -0.15) is 4.98 Å². The number of aliphatic hydroxyl groups is 3. The number of anilines is 3. The topological polar surface area (TPSA) is 327 Å². The second kappa shape index (κ2) is 27.9. The van der Waals surface area contributed by atoms with Crippen LogP contribution in [0.3, 0.4) is 0 Å². The van der Waals surface area contributed by atoms with Crippen molar-refractivity contribution in [2.45, 2.75) is 83.3 Å². The Hall–Kier alpha value is -5.93. The number of nitrogen functional groups attached to an aromatic ring is 1. The van der Waals surface area contributed by atoms with Crippen LogP contribution in [-0.4, -0.2) is 188 Å². The molecule has 2 aromatic carbocycles. The van der Waals surface area contributed by atoms with Crippen molar-refractivity contribution < 1.29 is 72.3 Å². The normalized spacial score (nSPS) is 19.6. The number of nitrogens with two attached hydrogens (primary N) is 1. The minimum absolute atomic E-state index is 0.00454. The van der Waals surface area contributed by atoms with Crippen molar-refractivity contribution in [1.29, 1.82) is 0 Å². The monoisotopic (exact) mass is 1080 g/mol. The average molecular weight is 1080 g/mol. The van der Waals surface area contributed by atoms with Gasteiger partial charge in [-0.15, -0.1) is 0 Å². The Morgan fingerprint density at radius 3 is 2.36 bits per heavy atom. The molecule has 2 fully saturated rings. The van der Waals surface area contributed by atoms with Gasteiger partial charge in [-0.25, -0.2) is 4.98 Å². The fourth-order valence-corrected chi connectivity index (χ4v) is 9.48. The summed E-state index contributed by atoms with van der Waals surface area (Å²) < 4.78 is 35.5. The zero-order valence-corrected chi connectivity index (χ0v) is 43.8. The Kier molecular flexibility index (Phi) is 21.2. The number of carbonyl (C=O) groups excluding carboxylic acids is 4. The van der Waals surface area contributed by atoms with Crippen molar-refractivity contribution in [1.82, 2.24) is 34.6 Å². The van der Waals surface area contributed by atoms with E-state index in [4.69, 9.17) is 33.7 Å². The molecule has 5 heterocycles. The van der Waals surface area contributed by atoms with E-state index in [2.05, 4.69) is 65.4 Å². The fourth-order valence-electron chi connectivity index (χ4n) is 8.69. The van der Waals surface area contributed by atoms with E-state index in [0.717, 1.165) is 91.3 Å². The number of nitrogens with one attached hydrogen (secondary N) is 3. The molecule has 4 amide bonds. The predicted molar refractivity (Wildman–Crippen MR) is 280 cm³/mol. The van der Waals surface area contributed by atoms with Gasteiger partial charge in [-0.1, -0.05) is 19.8 Å². The number of hydrogen-bond acceptors (Lipinski definition) is 21. The van der Waals surface area contributed by atoms with Crippen molar-refractivity contribution in [3.63, 3.8) is 0 Å². The molecule has 3 aliphatic heterocycles. The number of aliphatic hydroxyl groups excluding tert-OH is 3. The molecule has 0 saturated carbocycles. The zero-order chi connectivity index (χ0) is 54.2. The molecule has 0 unspecified atom stereocenters. The third-order valence-corrected chi connectivity index (χ3v) is 14.0. The van der Waals surface area contributed by atoms with E-state index in [9.17, 15) is 44.3 Å². The molecule has 2 saturated heterocycles. The molecule has 416 valence electrons. The summed E-state index contributed by atoms with van der Waals surface area (Å²) in [6.45, 7) is 7.06. The minimum Gasteiger partial charge on any atom is 0.0775 e. The van der Waals surface area contributed by atoms with E-state index >= 15 is 0 Å². The Bertz CT molecular complexity index is 2620. The number of fused-ring (bicyclic) bond motifs is 1. The van der Waals surface area contributed by atoms with Crippen LogP contribution in [0.25, 0.3) is 11.0 Å². The van der Waals surface area contributed by atoms with E-state index in [1.165, 1.54) is 30.4 Å². The molecule has 3 aliphatic rings. The SMILES string of the molecule is CCCCCNc1nc(N)nc2ccn(Cc3ccc(CN4CCN(CCO[PH](O)(O)OCc5ccc(O[C@@H]6OC[C@@H](O)[C@H](O)[C@H]6O)c(NC(=O)CCNC(=O)CCOCCN6C(=O)C=CC6=O)c5)CC4)cc3OC)c12. The maximum absolute atomic E-state index is 13.1. The first-order chi connectivity index (χ1) is 36.6. The second-order valence-corrected chi connectivity index (χ2v) is 20.2. The summed E-state index contributed by atoms with van der Waals surface area (Å²) in [6, 6.07) is 12.6. The number of unbranched alkanes of at least 4 members (excludes halogenated alkanes) is 2. The van der Waals surface area contributed by atoms with Crippen LogP contribution >= 0.6 is 8.17 Å². The second-order valence-electron chi connectivity index (χ2n) is 18.6. The molecule has 26 heteroatoms. The third kappa shape index (κ3) is 16.5. The number of rotatable bonds is 29. The molecule has 0 bridgehead atoms. The first-order valence-corrected chi connectivity index (χ1v) is 27.1. The van der Waals surface area contributed by atoms with Crippen LogP contribution in [0.15, 0.2) is 60.8 Å². The minimum atomic E-state index is -4.64. The standard InChI is InChI=1S/C50H71N10O15P/c1-3-4-5-15-53-48-45-36(55-50(51)56-48)13-17-59(45)30-35-8-6-33(28-40(35)70-2)29-58-20-18-57(19-21-58)22-26-73-76(68,69)74-31-34-7-9-39(75-49-47(67)46(66)38(61)32-72-49)37(27-34)54-42(63)12-16-52-41(62)14-24-71-25-23-60-43(64)10-11-44(60)65/h6-11,13,17,27-28,38,46-47,49,61,66-69,76H,3-5,12,14-16,18-26,29-32H2,1-2H3,(H,52,62)(H,54,63)(H3,51,53,55,56)/t38-,46+,47-,49+/m1/s1. The van der Waals surface area contributed by atoms with E-state index in [1.54, 1.807) is 7.11 Å². The first-order valence-electron chi connectivity index (χ1n) is 25.4. The predicted octanol–water partition coefficient (Wildman–Crippen LogP) is 1.01. The molecule has 2 aromatic heterocycles. The molecule has 4 atom stereocenters. The molecule has 7 rings (SSSR count). The molecule has 0 spiro atoms. The molecule has 0 radical (unpaired) electrons. The summed E-state index contributed by atoms with van der Waals surface area (Å²) in [7, 11) is -2.97. The quantitative estimate of drug-likeness (QED) is 0.0208. The molecule has 4 aromatic rings. The number of hydrogen-bond donors (Lipinski definition) is 9. The number of nitrogens with zero attached hydrogens (tertiary/aromatic N) is 6. The van der Waals surface area contributed by atoms with Crippen LogP contribution in [0.4, 0.5) is 17.5 Å². The van der Waals surface area contributed by atoms with Crippen molar-refractivity contribution in [3.8, 4) is 11.5 Å². The van der Waals surface area contributed by atoms with Crippen molar-refractivity contribution in [2.75, 3.05) is 102 Å². The number of imide groups is 1. The smallest absolute Gasteiger partial charge is 0.0775 e. The molecule has 0 aliphatic carbocycles. The van der Waals surface area contributed by atoms with E-state index < -0.39 is 56.4 Å². The number of carbonyl (C=O) groups is 4. The summed E-state index contributed by atoms with van der Waals surface area (Å²) >= 11 is 0. The van der Waals surface area contributed by atoms with Gasteiger partial charge < -0.3 is 20.4 Å². The third-order valence-electron chi connectivity index (χ3n) is 12.9. The average Bonchev–Trinajstić information content (AvgIpc) is 3.96. The number of piperazine rings is 1. The molecule has 25 nitrogen and oxygen atoms in total. The first kappa shape index (κ1) is 57.8. The molecule has 10 N–H and O–H groups in total. The Balaban J connectivity index is 0.846. The zero-order valence-electron chi connectivity index (χ0n) is 42.8. The summed E-state index contributed by atoms with van der Waals surface area (Å²) in [5.74, 6) is -0.0978. The van der Waals surface area contributed by atoms with Gasteiger partial charge >= 0.3 is 272 Å². The van der Waals surface area contributed by atoms with E-state index in [-0.39, 0.29) is 76.4 Å². The van der Waals surface area contributed by atoms with Crippen molar-refractivity contribution >= 4 is 60.3 Å². The van der Waals surface area contributed by atoms with E-state index in [1.807, 2.05) is 12.3 Å².